The predicted molar refractivity (Wildman–Crippen MR) is 83.8 cm³/mol. The molecule has 0 heterocycles. The minimum Gasteiger partial charge on any atom is -0.459 e. The Labute approximate surface area is 128 Å². The van der Waals surface area contributed by atoms with Crippen molar-refractivity contribution in [2.75, 3.05) is 0 Å². The molecule has 0 aromatic heterocycles. The Kier molecular flexibility index (Phi) is 4.03. The molecule has 2 aliphatic carbocycles. The summed E-state index contributed by atoms with van der Waals surface area (Å²) in [7, 11) is 0. The summed E-state index contributed by atoms with van der Waals surface area (Å²) in [4.78, 5) is 11.7. The number of hydrogen-bond acceptors (Lipinski definition) is 3. The van der Waals surface area contributed by atoms with Gasteiger partial charge in [0, 0.05) is 12.3 Å². The standard InChI is InChI=1S/C18H30O3/c1-12(2)18(20)11-10-16(5)9-7-8-13(3)17(16,6)15(18)21-14(4)19/h12,15,20H,3,7-11H2,1-2,4-6H3. The Hall–Kier alpha value is -0.830. The number of carbonyl (C=O) groups excluding carboxylic acids is 1. The van der Waals surface area contributed by atoms with Gasteiger partial charge in [0.05, 0.1) is 0 Å². The van der Waals surface area contributed by atoms with E-state index in [0.717, 1.165) is 31.3 Å². The molecule has 3 heteroatoms. The molecule has 0 aromatic carbocycles. The third-order valence-corrected chi connectivity index (χ3v) is 6.53. The molecule has 0 amide bonds. The Morgan fingerprint density at radius 2 is 1.95 bits per heavy atom. The maximum absolute atomic E-state index is 11.7. The van der Waals surface area contributed by atoms with Crippen LogP contribution in [0.3, 0.4) is 0 Å². The average molecular weight is 294 g/mol. The highest BCUT2D eigenvalue weighted by molar-refractivity contribution is 5.66. The van der Waals surface area contributed by atoms with Gasteiger partial charge in [0.15, 0.2) is 0 Å². The van der Waals surface area contributed by atoms with Crippen LogP contribution in [0.1, 0.15) is 66.7 Å². The molecule has 2 saturated carbocycles. The van der Waals surface area contributed by atoms with E-state index in [9.17, 15) is 9.90 Å². The Balaban J connectivity index is 2.55. The number of ether oxygens (including phenoxy) is 1. The lowest BCUT2D eigenvalue weighted by Gasteiger charge is -2.62. The number of fused-ring (bicyclic) bond motifs is 1. The molecule has 2 rings (SSSR count). The topological polar surface area (TPSA) is 46.5 Å². The monoisotopic (exact) mass is 294 g/mol. The van der Waals surface area contributed by atoms with Crippen molar-refractivity contribution in [1.82, 2.24) is 0 Å². The van der Waals surface area contributed by atoms with E-state index in [1.54, 1.807) is 0 Å². The maximum atomic E-state index is 11.7. The second kappa shape index (κ2) is 5.12. The van der Waals surface area contributed by atoms with Crippen molar-refractivity contribution in [1.29, 1.82) is 0 Å². The highest BCUT2D eigenvalue weighted by atomic mass is 16.6. The van der Waals surface area contributed by atoms with Gasteiger partial charge in [-0.1, -0.05) is 39.8 Å². The van der Waals surface area contributed by atoms with Gasteiger partial charge in [0.1, 0.15) is 11.7 Å². The SMILES string of the molecule is C=C1CCCC2(C)CCC(O)(C(C)C)C(OC(C)=O)C12C. The van der Waals surface area contributed by atoms with Crippen LogP contribution in [0, 0.1) is 16.7 Å². The summed E-state index contributed by atoms with van der Waals surface area (Å²) >= 11 is 0. The molecule has 3 nitrogen and oxygen atoms in total. The van der Waals surface area contributed by atoms with Crippen LogP contribution < -0.4 is 0 Å². The van der Waals surface area contributed by atoms with Crippen LogP contribution in [0.5, 0.6) is 0 Å². The Morgan fingerprint density at radius 1 is 1.33 bits per heavy atom. The minimum atomic E-state index is -0.972. The number of aliphatic hydroxyl groups is 1. The molecule has 1 N–H and O–H groups in total. The fraction of sp³-hybridized carbons (Fsp3) is 0.833. The minimum absolute atomic E-state index is 0.0398. The molecule has 2 aliphatic rings. The quantitative estimate of drug-likeness (QED) is 0.621. The summed E-state index contributed by atoms with van der Waals surface area (Å²) in [5, 5.41) is 11.3. The molecule has 0 aliphatic heterocycles. The normalized spacial score (nSPS) is 43.6. The highest BCUT2D eigenvalue weighted by Gasteiger charge is 2.64. The molecule has 21 heavy (non-hydrogen) atoms. The van der Waals surface area contributed by atoms with Gasteiger partial charge in [-0.3, -0.25) is 4.79 Å². The van der Waals surface area contributed by atoms with Crippen molar-refractivity contribution in [3.8, 4) is 0 Å². The summed E-state index contributed by atoms with van der Waals surface area (Å²) in [5.41, 5.74) is -0.154. The first-order chi connectivity index (χ1) is 9.58. The van der Waals surface area contributed by atoms with E-state index in [1.165, 1.54) is 6.92 Å². The van der Waals surface area contributed by atoms with Crippen molar-refractivity contribution in [3.05, 3.63) is 12.2 Å². The zero-order valence-corrected chi connectivity index (χ0v) is 14.2. The second-order valence-electron chi connectivity index (χ2n) is 7.86. The van der Waals surface area contributed by atoms with Crippen molar-refractivity contribution < 1.29 is 14.6 Å². The first kappa shape index (κ1) is 16.5. The van der Waals surface area contributed by atoms with Crippen LogP contribution in [0.2, 0.25) is 0 Å². The second-order valence-corrected chi connectivity index (χ2v) is 7.86. The summed E-state index contributed by atoms with van der Waals surface area (Å²) < 4.78 is 5.73. The van der Waals surface area contributed by atoms with Gasteiger partial charge in [0.25, 0.3) is 0 Å². The van der Waals surface area contributed by atoms with Gasteiger partial charge in [-0.05, 0) is 43.4 Å². The summed E-state index contributed by atoms with van der Waals surface area (Å²) in [6.45, 7) is 14.2. The maximum Gasteiger partial charge on any atom is 0.303 e. The number of esters is 1. The molecule has 0 aromatic rings. The molecule has 4 unspecified atom stereocenters. The lowest BCUT2D eigenvalue weighted by atomic mass is 9.45. The highest BCUT2D eigenvalue weighted by Crippen LogP contribution is 2.64. The van der Waals surface area contributed by atoms with Gasteiger partial charge in [-0.15, -0.1) is 0 Å². The number of rotatable bonds is 2. The van der Waals surface area contributed by atoms with Crippen LogP contribution >= 0.6 is 0 Å². The van der Waals surface area contributed by atoms with Crippen LogP contribution in [0.25, 0.3) is 0 Å². The van der Waals surface area contributed by atoms with Crippen LogP contribution in [-0.4, -0.2) is 22.8 Å². The van der Waals surface area contributed by atoms with E-state index in [-0.39, 0.29) is 22.7 Å². The summed E-state index contributed by atoms with van der Waals surface area (Å²) in [6.07, 6.45) is 4.33. The molecule has 120 valence electrons. The van der Waals surface area contributed by atoms with E-state index in [0.29, 0.717) is 6.42 Å². The van der Waals surface area contributed by atoms with Crippen molar-refractivity contribution in [2.45, 2.75) is 78.4 Å². The van der Waals surface area contributed by atoms with E-state index in [1.807, 2.05) is 13.8 Å². The average Bonchev–Trinajstić information content (AvgIpc) is 2.38. The third-order valence-electron chi connectivity index (χ3n) is 6.53. The predicted octanol–water partition coefficient (Wildman–Crippen LogP) is 3.85. The first-order valence-corrected chi connectivity index (χ1v) is 8.16. The van der Waals surface area contributed by atoms with Crippen LogP contribution in [0.15, 0.2) is 12.2 Å². The summed E-state index contributed by atoms with van der Waals surface area (Å²) in [6, 6.07) is 0. The smallest absolute Gasteiger partial charge is 0.303 e. The molecule has 0 bridgehead atoms. The molecular weight excluding hydrogens is 264 g/mol. The molecule has 0 spiro atoms. The molecule has 2 fully saturated rings. The van der Waals surface area contributed by atoms with Gasteiger partial charge < -0.3 is 9.84 Å². The summed E-state index contributed by atoms with van der Waals surface area (Å²) in [5.74, 6) is -0.277. The molecule has 0 radical (unpaired) electrons. The van der Waals surface area contributed by atoms with Crippen LogP contribution in [-0.2, 0) is 9.53 Å². The molecule has 4 atom stereocenters. The molecular formula is C18H30O3. The van der Waals surface area contributed by atoms with Crippen molar-refractivity contribution >= 4 is 5.97 Å². The largest absolute Gasteiger partial charge is 0.459 e. The third kappa shape index (κ3) is 2.25. The first-order valence-electron chi connectivity index (χ1n) is 8.16. The number of carbonyl (C=O) groups is 1. The molecule has 0 saturated heterocycles. The van der Waals surface area contributed by atoms with Crippen LogP contribution in [0.4, 0.5) is 0 Å². The van der Waals surface area contributed by atoms with Gasteiger partial charge in [-0.25, -0.2) is 0 Å². The van der Waals surface area contributed by atoms with E-state index < -0.39 is 11.7 Å². The Morgan fingerprint density at radius 3 is 2.48 bits per heavy atom. The van der Waals surface area contributed by atoms with Gasteiger partial charge in [0.2, 0.25) is 0 Å². The number of hydrogen-bond donors (Lipinski definition) is 1. The zero-order chi connectivity index (χ0) is 16.1. The van der Waals surface area contributed by atoms with Crippen molar-refractivity contribution in [3.63, 3.8) is 0 Å². The van der Waals surface area contributed by atoms with E-state index in [4.69, 9.17) is 4.74 Å². The van der Waals surface area contributed by atoms with E-state index in [2.05, 4.69) is 20.4 Å². The Bertz CT molecular complexity index is 455. The van der Waals surface area contributed by atoms with Gasteiger partial charge >= 0.3 is 5.97 Å². The lowest BCUT2D eigenvalue weighted by molar-refractivity contribution is -0.232. The van der Waals surface area contributed by atoms with Crippen molar-refractivity contribution in [2.24, 2.45) is 16.7 Å². The van der Waals surface area contributed by atoms with E-state index >= 15 is 0 Å². The van der Waals surface area contributed by atoms with Gasteiger partial charge in [-0.2, -0.15) is 0 Å². The zero-order valence-electron chi connectivity index (χ0n) is 14.2. The lowest BCUT2D eigenvalue weighted by Crippen LogP contribution is -2.66. The fourth-order valence-corrected chi connectivity index (χ4v) is 4.61. The fourth-order valence-electron chi connectivity index (χ4n) is 4.61.